The highest BCUT2D eigenvalue weighted by Crippen LogP contribution is 2.25. The fourth-order valence-corrected chi connectivity index (χ4v) is 4.56. The zero-order valence-corrected chi connectivity index (χ0v) is 14.8. The topological polar surface area (TPSA) is 83.3 Å². The fraction of sp³-hybridized carbons (Fsp3) is 0.333. The molecule has 6 nitrogen and oxygen atoms in total. The van der Waals surface area contributed by atoms with Gasteiger partial charge in [-0.2, -0.15) is 9.57 Å². The van der Waals surface area contributed by atoms with Crippen LogP contribution in [0.3, 0.4) is 0 Å². The van der Waals surface area contributed by atoms with E-state index in [1.165, 1.54) is 34.8 Å². The van der Waals surface area contributed by atoms with Crippen LogP contribution in [0.1, 0.15) is 18.4 Å². The van der Waals surface area contributed by atoms with Crippen molar-refractivity contribution in [3.05, 3.63) is 54.0 Å². The van der Waals surface area contributed by atoms with Crippen LogP contribution in [0.4, 0.5) is 4.39 Å². The first kappa shape index (κ1) is 18.3. The lowest BCUT2D eigenvalue weighted by Gasteiger charge is -2.31. The Hall–Kier alpha value is -2.50. The second-order valence-corrected chi connectivity index (χ2v) is 8.01. The van der Waals surface area contributed by atoms with Crippen molar-refractivity contribution in [2.24, 2.45) is 5.92 Å². The van der Waals surface area contributed by atoms with E-state index in [9.17, 15) is 12.8 Å². The average Bonchev–Trinajstić information content (AvgIpc) is 2.67. The Kier molecular flexibility index (Phi) is 5.49. The molecule has 1 unspecified atom stereocenters. The van der Waals surface area contributed by atoms with E-state index < -0.39 is 15.8 Å². The van der Waals surface area contributed by atoms with Crippen molar-refractivity contribution in [1.82, 2.24) is 9.29 Å². The molecular formula is C18H18FN3O3S. The van der Waals surface area contributed by atoms with Gasteiger partial charge in [0, 0.05) is 31.3 Å². The maximum atomic E-state index is 13.9. The van der Waals surface area contributed by atoms with Gasteiger partial charge in [-0.1, -0.05) is 12.1 Å². The predicted octanol–water partition coefficient (Wildman–Crippen LogP) is 2.57. The number of benzene rings is 1. The second-order valence-electron chi connectivity index (χ2n) is 6.11. The third kappa shape index (κ3) is 4.00. The average molecular weight is 375 g/mol. The van der Waals surface area contributed by atoms with E-state index in [2.05, 4.69) is 4.98 Å². The summed E-state index contributed by atoms with van der Waals surface area (Å²) >= 11 is 0. The molecule has 0 spiro atoms. The van der Waals surface area contributed by atoms with Gasteiger partial charge in [0.25, 0.3) is 0 Å². The molecule has 26 heavy (non-hydrogen) atoms. The van der Waals surface area contributed by atoms with E-state index in [0.717, 1.165) is 12.5 Å². The van der Waals surface area contributed by atoms with Gasteiger partial charge < -0.3 is 4.74 Å². The molecular weight excluding hydrogens is 357 g/mol. The summed E-state index contributed by atoms with van der Waals surface area (Å²) in [7, 11) is -3.88. The predicted molar refractivity (Wildman–Crippen MR) is 92.3 cm³/mol. The third-order valence-corrected chi connectivity index (χ3v) is 6.17. The van der Waals surface area contributed by atoms with Crippen LogP contribution >= 0.6 is 0 Å². The van der Waals surface area contributed by atoms with Crippen LogP contribution in [0, 0.1) is 23.1 Å². The molecule has 0 saturated carbocycles. The fourth-order valence-electron chi connectivity index (χ4n) is 2.94. The molecule has 1 atom stereocenters. The number of pyridine rings is 1. The molecule has 1 fully saturated rings. The monoisotopic (exact) mass is 375 g/mol. The lowest BCUT2D eigenvalue weighted by molar-refractivity contribution is 0.176. The smallest absolute Gasteiger partial charge is 0.245 e. The van der Waals surface area contributed by atoms with Crippen LogP contribution in [-0.2, 0) is 10.0 Å². The highest BCUT2D eigenvalue weighted by atomic mass is 32.2. The van der Waals surface area contributed by atoms with E-state index >= 15 is 0 Å². The van der Waals surface area contributed by atoms with Gasteiger partial charge in [0.1, 0.15) is 10.7 Å². The van der Waals surface area contributed by atoms with Gasteiger partial charge in [0.15, 0.2) is 0 Å². The van der Waals surface area contributed by atoms with Gasteiger partial charge in [-0.05, 0) is 31.0 Å². The maximum Gasteiger partial charge on any atom is 0.245 e. The zero-order chi connectivity index (χ0) is 18.6. The Morgan fingerprint density at radius 2 is 2.15 bits per heavy atom. The summed E-state index contributed by atoms with van der Waals surface area (Å²) in [5.74, 6) is -0.445. The van der Waals surface area contributed by atoms with Crippen LogP contribution in [-0.4, -0.2) is 37.4 Å². The van der Waals surface area contributed by atoms with Crippen molar-refractivity contribution in [2.75, 3.05) is 19.7 Å². The highest BCUT2D eigenvalue weighted by Gasteiger charge is 2.32. The first-order valence-electron chi connectivity index (χ1n) is 8.24. The normalized spacial score (nSPS) is 18.2. The van der Waals surface area contributed by atoms with Crippen molar-refractivity contribution >= 4 is 10.0 Å². The minimum atomic E-state index is -3.88. The summed E-state index contributed by atoms with van der Waals surface area (Å²) in [5, 5.41) is 8.90. The van der Waals surface area contributed by atoms with Crippen LogP contribution < -0.4 is 4.74 Å². The number of nitriles is 1. The first-order valence-corrected chi connectivity index (χ1v) is 9.68. The molecule has 2 heterocycles. The molecule has 0 amide bonds. The summed E-state index contributed by atoms with van der Waals surface area (Å²) < 4.78 is 46.3. The minimum Gasteiger partial charge on any atom is -0.477 e. The molecule has 1 aliphatic heterocycles. The number of rotatable bonds is 5. The maximum absolute atomic E-state index is 13.9. The van der Waals surface area contributed by atoms with Crippen LogP contribution in [0.5, 0.6) is 5.88 Å². The van der Waals surface area contributed by atoms with Crippen molar-refractivity contribution in [3.63, 3.8) is 0 Å². The summed E-state index contributed by atoms with van der Waals surface area (Å²) in [4.78, 5) is 3.74. The largest absolute Gasteiger partial charge is 0.477 e. The van der Waals surface area contributed by atoms with Gasteiger partial charge in [-0.25, -0.2) is 17.8 Å². The highest BCUT2D eigenvalue weighted by molar-refractivity contribution is 7.89. The molecule has 136 valence electrons. The third-order valence-electron chi connectivity index (χ3n) is 4.27. The number of nitrogens with zero attached hydrogens (tertiary/aromatic N) is 3. The second kappa shape index (κ2) is 7.81. The van der Waals surface area contributed by atoms with Gasteiger partial charge in [0.2, 0.25) is 15.9 Å². The van der Waals surface area contributed by atoms with Gasteiger partial charge in [-0.3, -0.25) is 0 Å². The van der Waals surface area contributed by atoms with Gasteiger partial charge >= 0.3 is 0 Å². The minimum absolute atomic E-state index is 0.0298. The van der Waals surface area contributed by atoms with Crippen LogP contribution in [0.2, 0.25) is 0 Å². The molecule has 1 saturated heterocycles. The van der Waals surface area contributed by atoms with Crippen molar-refractivity contribution in [2.45, 2.75) is 17.7 Å². The quantitative estimate of drug-likeness (QED) is 0.802. The number of aromatic nitrogens is 1. The molecule has 1 aromatic heterocycles. The van der Waals surface area contributed by atoms with Crippen molar-refractivity contribution in [3.8, 4) is 11.9 Å². The molecule has 0 radical (unpaired) electrons. The lowest BCUT2D eigenvalue weighted by atomic mass is 10.0. The molecule has 1 aliphatic rings. The number of halogens is 1. The Balaban J connectivity index is 1.67. The lowest BCUT2D eigenvalue weighted by Crippen LogP contribution is -2.41. The molecule has 0 N–H and O–H groups in total. The Labute approximate surface area is 151 Å². The Morgan fingerprint density at radius 1 is 1.35 bits per heavy atom. The van der Waals surface area contributed by atoms with Crippen molar-refractivity contribution in [1.29, 1.82) is 5.26 Å². The number of ether oxygens (including phenoxy) is 1. The van der Waals surface area contributed by atoms with E-state index in [4.69, 9.17) is 10.00 Å². The van der Waals surface area contributed by atoms with E-state index in [1.54, 1.807) is 6.07 Å². The molecule has 8 heteroatoms. The summed E-state index contributed by atoms with van der Waals surface area (Å²) in [6, 6.07) is 10.5. The number of hydrogen-bond donors (Lipinski definition) is 0. The van der Waals surface area contributed by atoms with E-state index in [-0.39, 0.29) is 24.0 Å². The van der Waals surface area contributed by atoms with Crippen molar-refractivity contribution < 1.29 is 17.5 Å². The number of sulfonamides is 1. The molecule has 2 aromatic rings. The van der Waals surface area contributed by atoms with E-state index in [0.29, 0.717) is 24.4 Å². The van der Waals surface area contributed by atoms with E-state index in [1.807, 2.05) is 6.07 Å². The standard InChI is InChI=1S/C18H18FN3O3S/c19-16-5-1-2-6-17(16)26(23,24)22-9-3-4-15(12-22)13-25-18-10-14(11-20)7-8-21-18/h1-2,5-8,10,15H,3-4,9,12-13H2. The first-order chi connectivity index (χ1) is 12.5. The summed E-state index contributed by atoms with van der Waals surface area (Å²) in [5.41, 5.74) is 0.447. The van der Waals surface area contributed by atoms with Gasteiger partial charge in [0.05, 0.1) is 18.2 Å². The Morgan fingerprint density at radius 3 is 2.92 bits per heavy atom. The number of piperidine rings is 1. The SMILES string of the molecule is N#Cc1ccnc(OCC2CCCN(S(=O)(=O)c3ccccc3F)C2)c1. The summed E-state index contributed by atoms with van der Waals surface area (Å²) in [6.45, 7) is 0.898. The molecule has 3 rings (SSSR count). The van der Waals surface area contributed by atoms with Crippen LogP contribution in [0.15, 0.2) is 47.5 Å². The Bertz CT molecular complexity index is 927. The van der Waals surface area contributed by atoms with Gasteiger partial charge in [-0.15, -0.1) is 0 Å². The zero-order valence-electron chi connectivity index (χ0n) is 14.0. The summed E-state index contributed by atoms with van der Waals surface area (Å²) in [6.07, 6.45) is 2.97. The number of hydrogen-bond acceptors (Lipinski definition) is 5. The molecule has 0 bridgehead atoms. The molecule has 0 aliphatic carbocycles. The van der Waals surface area contributed by atoms with Crippen LogP contribution in [0.25, 0.3) is 0 Å². The molecule has 1 aromatic carbocycles.